The highest BCUT2D eigenvalue weighted by atomic mass is 15.2. The van der Waals surface area contributed by atoms with Gasteiger partial charge in [-0.3, -0.25) is 0 Å². The number of nitrogens with zero attached hydrogens (tertiary/aromatic N) is 1. The molecule has 0 radical (unpaired) electrons. The summed E-state index contributed by atoms with van der Waals surface area (Å²) < 4.78 is 0. The molecule has 1 unspecified atom stereocenters. The van der Waals surface area contributed by atoms with Gasteiger partial charge in [-0.2, -0.15) is 0 Å². The van der Waals surface area contributed by atoms with Crippen LogP contribution < -0.4 is 5.32 Å². The predicted octanol–water partition coefficient (Wildman–Crippen LogP) is 2.45. The van der Waals surface area contributed by atoms with Crippen molar-refractivity contribution in [2.75, 3.05) is 19.6 Å². The molecule has 98 valence electrons. The molecule has 1 saturated carbocycles. The third-order valence-electron chi connectivity index (χ3n) is 4.41. The molecule has 2 heteroatoms. The quantitative estimate of drug-likeness (QED) is 0.856. The summed E-state index contributed by atoms with van der Waals surface area (Å²) in [5.74, 6) is 0. The second kappa shape index (κ2) is 5.85. The lowest BCUT2D eigenvalue weighted by atomic mass is 9.92. The van der Waals surface area contributed by atoms with Gasteiger partial charge in [0.2, 0.25) is 0 Å². The highest BCUT2D eigenvalue weighted by molar-refractivity contribution is 5.14. The Hall–Kier alpha value is -0.860. The third-order valence-corrected chi connectivity index (χ3v) is 4.41. The van der Waals surface area contributed by atoms with E-state index in [1.165, 1.54) is 57.3 Å². The maximum atomic E-state index is 3.80. The Balaban J connectivity index is 1.39. The van der Waals surface area contributed by atoms with Crippen LogP contribution >= 0.6 is 0 Å². The summed E-state index contributed by atoms with van der Waals surface area (Å²) in [7, 11) is 0. The van der Waals surface area contributed by atoms with Gasteiger partial charge in [-0.15, -0.1) is 0 Å². The largest absolute Gasteiger partial charge is 0.310 e. The van der Waals surface area contributed by atoms with Crippen LogP contribution in [0.1, 0.15) is 31.2 Å². The summed E-state index contributed by atoms with van der Waals surface area (Å²) in [5.41, 5.74) is 1.47. The van der Waals surface area contributed by atoms with Crippen LogP contribution in [0.25, 0.3) is 0 Å². The molecule has 0 spiro atoms. The first kappa shape index (κ1) is 12.2. The lowest BCUT2D eigenvalue weighted by Gasteiger charge is -2.30. The minimum absolute atomic E-state index is 0.756. The molecule has 2 aliphatic rings. The standard InChI is InChI=1S/C16H24N2/c1-2-5-14(6-3-1)9-11-18-12-10-16(13-18)17-15-7-4-8-15/h1-3,5-6,15-17H,4,7-13H2. The van der Waals surface area contributed by atoms with Crippen molar-refractivity contribution in [3.63, 3.8) is 0 Å². The van der Waals surface area contributed by atoms with E-state index in [0.717, 1.165) is 12.1 Å². The molecule has 2 nitrogen and oxygen atoms in total. The zero-order valence-corrected chi connectivity index (χ0v) is 11.1. The summed E-state index contributed by atoms with van der Waals surface area (Å²) in [5, 5.41) is 3.80. The normalized spacial score (nSPS) is 25.2. The molecule has 1 aromatic carbocycles. The second-order valence-corrected chi connectivity index (χ2v) is 5.82. The fraction of sp³-hybridized carbons (Fsp3) is 0.625. The molecule has 1 aliphatic heterocycles. The predicted molar refractivity (Wildman–Crippen MR) is 75.8 cm³/mol. The Morgan fingerprint density at radius 3 is 2.61 bits per heavy atom. The number of likely N-dealkylation sites (tertiary alicyclic amines) is 1. The molecular formula is C16H24N2. The van der Waals surface area contributed by atoms with E-state index in [1.54, 1.807) is 0 Å². The summed E-state index contributed by atoms with van der Waals surface area (Å²) in [6.45, 7) is 3.74. The van der Waals surface area contributed by atoms with Crippen molar-refractivity contribution in [1.29, 1.82) is 0 Å². The minimum atomic E-state index is 0.756. The van der Waals surface area contributed by atoms with E-state index >= 15 is 0 Å². The Labute approximate surface area is 110 Å². The summed E-state index contributed by atoms with van der Waals surface area (Å²) >= 11 is 0. The molecule has 0 amide bonds. The molecule has 1 N–H and O–H groups in total. The number of benzene rings is 1. The number of nitrogens with one attached hydrogen (secondary N) is 1. The van der Waals surface area contributed by atoms with Crippen molar-refractivity contribution in [2.45, 2.75) is 44.2 Å². The Bertz CT molecular complexity index is 359. The lowest BCUT2D eigenvalue weighted by molar-refractivity contribution is 0.287. The number of hydrogen-bond acceptors (Lipinski definition) is 2. The fourth-order valence-corrected chi connectivity index (χ4v) is 3.01. The van der Waals surface area contributed by atoms with Gasteiger partial charge in [-0.25, -0.2) is 0 Å². The van der Waals surface area contributed by atoms with Crippen molar-refractivity contribution in [2.24, 2.45) is 0 Å². The summed E-state index contributed by atoms with van der Waals surface area (Å²) in [4.78, 5) is 2.61. The highest BCUT2D eigenvalue weighted by Crippen LogP contribution is 2.21. The van der Waals surface area contributed by atoms with Gasteiger partial charge in [0.25, 0.3) is 0 Å². The van der Waals surface area contributed by atoms with Gasteiger partial charge in [-0.1, -0.05) is 36.8 Å². The smallest absolute Gasteiger partial charge is 0.0209 e. The SMILES string of the molecule is c1ccc(CCN2CCC(NC3CCC3)C2)cc1. The van der Waals surface area contributed by atoms with Crippen LogP contribution in [0.2, 0.25) is 0 Å². The van der Waals surface area contributed by atoms with Gasteiger partial charge < -0.3 is 10.2 Å². The van der Waals surface area contributed by atoms with E-state index in [2.05, 4.69) is 40.5 Å². The van der Waals surface area contributed by atoms with Gasteiger partial charge in [0, 0.05) is 25.2 Å². The first-order valence-corrected chi connectivity index (χ1v) is 7.42. The van der Waals surface area contributed by atoms with Crippen LogP contribution in [0, 0.1) is 0 Å². The van der Waals surface area contributed by atoms with E-state index in [1.807, 2.05) is 0 Å². The first-order chi connectivity index (χ1) is 8.90. The molecule has 1 aromatic rings. The van der Waals surface area contributed by atoms with E-state index in [0.29, 0.717) is 0 Å². The first-order valence-electron chi connectivity index (χ1n) is 7.42. The molecule has 0 aromatic heterocycles. The molecule has 1 atom stereocenters. The molecule has 0 bridgehead atoms. The molecule has 1 heterocycles. The molecule has 2 fully saturated rings. The van der Waals surface area contributed by atoms with Gasteiger partial charge >= 0.3 is 0 Å². The third kappa shape index (κ3) is 3.12. The van der Waals surface area contributed by atoms with Crippen LogP contribution in [-0.4, -0.2) is 36.6 Å². The van der Waals surface area contributed by atoms with Gasteiger partial charge in [0.05, 0.1) is 0 Å². The van der Waals surface area contributed by atoms with Crippen LogP contribution in [0.15, 0.2) is 30.3 Å². The lowest BCUT2D eigenvalue weighted by Crippen LogP contribution is -2.43. The van der Waals surface area contributed by atoms with E-state index < -0.39 is 0 Å². The molecular weight excluding hydrogens is 220 g/mol. The van der Waals surface area contributed by atoms with Crippen molar-refractivity contribution in [3.8, 4) is 0 Å². The van der Waals surface area contributed by atoms with E-state index in [-0.39, 0.29) is 0 Å². The zero-order chi connectivity index (χ0) is 12.2. The summed E-state index contributed by atoms with van der Waals surface area (Å²) in [6.07, 6.45) is 6.77. The van der Waals surface area contributed by atoms with Crippen LogP contribution in [-0.2, 0) is 6.42 Å². The maximum Gasteiger partial charge on any atom is 0.0209 e. The Morgan fingerprint density at radius 2 is 1.89 bits per heavy atom. The Morgan fingerprint density at radius 1 is 1.06 bits per heavy atom. The van der Waals surface area contributed by atoms with E-state index in [4.69, 9.17) is 0 Å². The van der Waals surface area contributed by atoms with Gasteiger partial charge in [0.15, 0.2) is 0 Å². The van der Waals surface area contributed by atoms with Crippen LogP contribution in [0.3, 0.4) is 0 Å². The monoisotopic (exact) mass is 244 g/mol. The maximum absolute atomic E-state index is 3.80. The molecule has 1 aliphatic carbocycles. The fourth-order valence-electron chi connectivity index (χ4n) is 3.01. The average molecular weight is 244 g/mol. The average Bonchev–Trinajstić information content (AvgIpc) is 2.81. The van der Waals surface area contributed by atoms with Crippen molar-refractivity contribution >= 4 is 0 Å². The van der Waals surface area contributed by atoms with Crippen molar-refractivity contribution in [3.05, 3.63) is 35.9 Å². The minimum Gasteiger partial charge on any atom is -0.310 e. The van der Waals surface area contributed by atoms with Crippen molar-refractivity contribution < 1.29 is 0 Å². The topological polar surface area (TPSA) is 15.3 Å². The van der Waals surface area contributed by atoms with Crippen LogP contribution in [0.5, 0.6) is 0 Å². The molecule has 3 rings (SSSR count). The second-order valence-electron chi connectivity index (χ2n) is 5.82. The molecule has 1 saturated heterocycles. The van der Waals surface area contributed by atoms with E-state index in [9.17, 15) is 0 Å². The zero-order valence-electron chi connectivity index (χ0n) is 11.1. The molecule has 18 heavy (non-hydrogen) atoms. The number of rotatable bonds is 5. The number of hydrogen-bond donors (Lipinski definition) is 1. The van der Waals surface area contributed by atoms with Gasteiger partial charge in [-0.05, 0) is 37.8 Å². The highest BCUT2D eigenvalue weighted by Gasteiger charge is 2.26. The van der Waals surface area contributed by atoms with Crippen LogP contribution in [0.4, 0.5) is 0 Å². The van der Waals surface area contributed by atoms with Crippen molar-refractivity contribution in [1.82, 2.24) is 10.2 Å². The van der Waals surface area contributed by atoms with Gasteiger partial charge in [0.1, 0.15) is 0 Å². The summed E-state index contributed by atoms with van der Waals surface area (Å²) in [6, 6.07) is 12.4. The Kier molecular flexibility index (Phi) is 3.96.